The molecular weight excluding hydrogens is 455 g/mol. The van der Waals surface area contributed by atoms with Crippen LogP contribution in [0.5, 0.6) is 11.5 Å². The number of rotatable bonds is 6. The van der Waals surface area contributed by atoms with Crippen molar-refractivity contribution >= 4 is 23.6 Å². The summed E-state index contributed by atoms with van der Waals surface area (Å²) in [6, 6.07) is 15.2. The summed E-state index contributed by atoms with van der Waals surface area (Å²) in [4.78, 5) is 43.7. The van der Waals surface area contributed by atoms with Crippen LogP contribution in [0.4, 0.5) is 23.7 Å². The van der Waals surface area contributed by atoms with Gasteiger partial charge in [0.25, 0.3) is 5.91 Å². The number of esters is 1. The molecule has 8 nitrogen and oxygen atoms in total. The Morgan fingerprint density at radius 3 is 2.35 bits per heavy atom. The van der Waals surface area contributed by atoms with E-state index >= 15 is 0 Å². The SMILES string of the molecule is O=C(Oc1ccccc1)c1cc(CN2CC(=O)N(c3ccc(OC(F)(F)F)cc3)C2=O)ccn1. The first-order valence-corrected chi connectivity index (χ1v) is 9.89. The van der Waals surface area contributed by atoms with Crippen LogP contribution in [-0.4, -0.2) is 40.7 Å². The Hall–Kier alpha value is -4.41. The predicted molar refractivity (Wildman–Crippen MR) is 112 cm³/mol. The third-order valence-corrected chi connectivity index (χ3v) is 4.73. The Kier molecular flexibility index (Phi) is 6.17. The number of hydrogen-bond donors (Lipinski definition) is 0. The number of imide groups is 1. The number of pyridine rings is 1. The molecule has 1 aliphatic rings. The van der Waals surface area contributed by atoms with Crippen LogP contribution < -0.4 is 14.4 Å². The predicted octanol–water partition coefficient (Wildman–Crippen LogP) is 4.17. The van der Waals surface area contributed by atoms with Crippen LogP contribution in [-0.2, 0) is 11.3 Å². The summed E-state index contributed by atoms with van der Waals surface area (Å²) in [6.07, 6.45) is -3.47. The summed E-state index contributed by atoms with van der Waals surface area (Å²) in [5, 5.41) is 0. The van der Waals surface area contributed by atoms with Gasteiger partial charge in [0, 0.05) is 12.7 Å². The van der Waals surface area contributed by atoms with Crippen LogP contribution >= 0.6 is 0 Å². The van der Waals surface area contributed by atoms with Gasteiger partial charge in [-0.05, 0) is 54.1 Å². The van der Waals surface area contributed by atoms with Crippen LogP contribution in [0.25, 0.3) is 0 Å². The molecule has 0 bridgehead atoms. The first-order chi connectivity index (χ1) is 16.2. The van der Waals surface area contributed by atoms with Crippen LogP contribution in [0.2, 0.25) is 0 Å². The van der Waals surface area contributed by atoms with Crippen molar-refractivity contribution in [2.45, 2.75) is 12.9 Å². The lowest BCUT2D eigenvalue weighted by molar-refractivity contribution is -0.274. The highest BCUT2D eigenvalue weighted by Gasteiger charge is 2.37. The third-order valence-electron chi connectivity index (χ3n) is 4.73. The normalized spacial score (nSPS) is 13.9. The summed E-state index contributed by atoms with van der Waals surface area (Å²) >= 11 is 0. The van der Waals surface area contributed by atoms with Crippen molar-refractivity contribution in [2.24, 2.45) is 0 Å². The number of benzene rings is 2. The molecule has 174 valence electrons. The van der Waals surface area contributed by atoms with Gasteiger partial charge in [0.05, 0.1) is 5.69 Å². The summed E-state index contributed by atoms with van der Waals surface area (Å²) in [7, 11) is 0. The van der Waals surface area contributed by atoms with Gasteiger partial charge in [0.15, 0.2) is 0 Å². The number of carbonyl (C=O) groups is 3. The number of alkyl halides is 3. The van der Waals surface area contributed by atoms with Gasteiger partial charge >= 0.3 is 18.4 Å². The number of anilines is 1. The average molecular weight is 471 g/mol. The molecule has 11 heteroatoms. The Labute approximate surface area is 191 Å². The number of urea groups is 1. The molecule has 1 saturated heterocycles. The van der Waals surface area contributed by atoms with Crippen LogP contribution in [0.3, 0.4) is 0 Å². The summed E-state index contributed by atoms with van der Waals surface area (Å²) in [6.45, 7) is -0.240. The van der Waals surface area contributed by atoms with E-state index in [0.29, 0.717) is 11.3 Å². The molecule has 0 unspecified atom stereocenters. The number of ether oxygens (including phenoxy) is 2. The number of para-hydroxylation sites is 1. The Morgan fingerprint density at radius 1 is 0.971 bits per heavy atom. The molecule has 2 aromatic carbocycles. The molecule has 0 N–H and O–H groups in total. The van der Waals surface area contributed by atoms with E-state index < -0.39 is 30.0 Å². The molecule has 0 atom stereocenters. The van der Waals surface area contributed by atoms with Crippen molar-refractivity contribution in [3.05, 3.63) is 84.2 Å². The minimum Gasteiger partial charge on any atom is -0.422 e. The van der Waals surface area contributed by atoms with Gasteiger partial charge in [-0.2, -0.15) is 0 Å². The molecule has 4 rings (SSSR count). The van der Waals surface area contributed by atoms with Crippen molar-refractivity contribution in [1.29, 1.82) is 0 Å². The van der Waals surface area contributed by atoms with E-state index in [1.807, 2.05) is 0 Å². The average Bonchev–Trinajstić information content (AvgIpc) is 3.07. The van der Waals surface area contributed by atoms with Crippen LogP contribution in [0.1, 0.15) is 16.1 Å². The van der Waals surface area contributed by atoms with Crippen molar-refractivity contribution in [1.82, 2.24) is 9.88 Å². The second-order valence-corrected chi connectivity index (χ2v) is 7.16. The van der Waals surface area contributed by atoms with Crippen molar-refractivity contribution in [3.63, 3.8) is 0 Å². The van der Waals surface area contributed by atoms with E-state index in [0.717, 1.165) is 17.0 Å². The van der Waals surface area contributed by atoms with Gasteiger partial charge in [0.2, 0.25) is 0 Å². The molecule has 1 aromatic heterocycles. The number of halogens is 3. The number of amides is 3. The second-order valence-electron chi connectivity index (χ2n) is 7.16. The van der Waals surface area contributed by atoms with Crippen molar-refractivity contribution in [2.75, 3.05) is 11.4 Å². The van der Waals surface area contributed by atoms with Gasteiger partial charge < -0.3 is 14.4 Å². The van der Waals surface area contributed by atoms with Gasteiger partial charge in [-0.15, -0.1) is 13.2 Å². The first-order valence-electron chi connectivity index (χ1n) is 9.89. The van der Waals surface area contributed by atoms with Crippen LogP contribution in [0, 0.1) is 0 Å². The number of carbonyl (C=O) groups excluding carboxylic acids is 3. The Morgan fingerprint density at radius 2 is 1.68 bits per heavy atom. The largest absolute Gasteiger partial charge is 0.573 e. The molecule has 0 radical (unpaired) electrons. The summed E-state index contributed by atoms with van der Waals surface area (Å²) < 4.78 is 46.0. The van der Waals surface area contributed by atoms with E-state index in [1.54, 1.807) is 36.4 Å². The monoisotopic (exact) mass is 471 g/mol. The molecule has 3 aromatic rings. The van der Waals surface area contributed by atoms with Gasteiger partial charge in [-0.3, -0.25) is 4.79 Å². The van der Waals surface area contributed by atoms with Gasteiger partial charge in [-0.1, -0.05) is 18.2 Å². The zero-order chi connectivity index (χ0) is 24.3. The number of nitrogens with zero attached hydrogens (tertiary/aromatic N) is 3. The van der Waals surface area contributed by atoms with Gasteiger partial charge in [-0.25, -0.2) is 19.5 Å². The molecular formula is C23H16F3N3O5. The van der Waals surface area contributed by atoms with Crippen LogP contribution in [0.15, 0.2) is 72.9 Å². The maximum absolute atomic E-state index is 12.8. The standard InChI is InChI=1S/C23H16F3N3O5/c24-23(25,26)34-18-8-6-16(7-9-18)29-20(30)14-28(22(29)32)13-15-10-11-27-19(12-15)21(31)33-17-4-2-1-3-5-17/h1-12H,13-14H2. The Balaban J connectivity index is 1.44. The minimum absolute atomic E-state index is 0.00444. The fourth-order valence-electron chi connectivity index (χ4n) is 3.28. The smallest absolute Gasteiger partial charge is 0.422 e. The lowest BCUT2D eigenvalue weighted by Crippen LogP contribution is -2.32. The molecule has 2 heterocycles. The number of aromatic nitrogens is 1. The lowest BCUT2D eigenvalue weighted by atomic mass is 10.2. The van der Waals surface area contributed by atoms with E-state index in [9.17, 15) is 27.6 Å². The minimum atomic E-state index is -4.85. The van der Waals surface area contributed by atoms with E-state index in [4.69, 9.17) is 4.74 Å². The Bertz CT molecular complexity index is 1220. The molecule has 34 heavy (non-hydrogen) atoms. The number of hydrogen-bond acceptors (Lipinski definition) is 6. The maximum Gasteiger partial charge on any atom is 0.573 e. The van der Waals surface area contributed by atoms with Gasteiger partial charge in [0.1, 0.15) is 23.7 Å². The fraction of sp³-hybridized carbons (Fsp3) is 0.130. The molecule has 1 fully saturated rings. The molecule has 0 spiro atoms. The highest BCUT2D eigenvalue weighted by Crippen LogP contribution is 2.28. The molecule has 3 amide bonds. The molecule has 0 aliphatic carbocycles. The summed E-state index contributed by atoms with van der Waals surface area (Å²) in [5.41, 5.74) is 0.664. The third kappa shape index (κ3) is 5.31. The van der Waals surface area contributed by atoms with Crippen molar-refractivity contribution < 1.29 is 37.0 Å². The summed E-state index contributed by atoms with van der Waals surface area (Å²) in [5.74, 6) is -1.35. The first kappa shape index (κ1) is 22.8. The van der Waals surface area contributed by atoms with E-state index in [2.05, 4.69) is 9.72 Å². The van der Waals surface area contributed by atoms with E-state index in [1.165, 1.54) is 29.3 Å². The van der Waals surface area contributed by atoms with Crippen molar-refractivity contribution in [3.8, 4) is 11.5 Å². The lowest BCUT2D eigenvalue weighted by Gasteiger charge is -2.18. The van der Waals surface area contributed by atoms with E-state index in [-0.39, 0.29) is 24.5 Å². The topological polar surface area (TPSA) is 89.0 Å². The fourth-order valence-corrected chi connectivity index (χ4v) is 3.28. The zero-order valence-corrected chi connectivity index (χ0v) is 17.4. The molecule has 1 aliphatic heterocycles. The molecule has 0 saturated carbocycles. The quantitative estimate of drug-likeness (QED) is 0.305. The maximum atomic E-state index is 12.8. The zero-order valence-electron chi connectivity index (χ0n) is 17.4. The highest BCUT2D eigenvalue weighted by molar-refractivity contribution is 6.19. The highest BCUT2D eigenvalue weighted by atomic mass is 19.4. The second kappa shape index (κ2) is 9.22.